The molecule has 229 valence electrons. The van der Waals surface area contributed by atoms with Gasteiger partial charge in [0.15, 0.2) is 11.1 Å². The molecule has 1 N–H and O–H groups in total. The van der Waals surface area contributed by atoms with E-state index in [1.165, 1.54) is 0 Å². The predicted octanol–water partition coefficient (Wildman–Crippen LogP) is 8.83. The molecule has 0 spiro atoms. The second-order valence-corrected chi connectivity index (χ2v) is 15.4. The number of fused-ring (bicyclic) bond motifs is 1. The average molecular weight is 620 g/mol. The van der Waals surface area contributed by atoms with Crippen molar-refractivity contribution in [1.82, 2.24) is 4.98 Å². The van der Waals surface area contributed by atoms with Crippen LogP contribution in [0.1, 0.15) is 88.6 Å². The molecule has 0 aliphatic rings. The van der Waals surface area contributed by atoms with Crippen molar-refractivity contribution in [3.8, 4) is 6.07 Å². The van der Waals surface area contributed by atoms with Crippen molar-refractivity contribution in [2.24, 2.45) is 10.9 Å². The zero-order valence-electron chi connectivity index (χ0n) is 26.9. The third kappa shape index (κ3) is 8.66. The molecule has 0 fully saturated rings. The second-order valence-electron chi connectivity index (χ2n) is 12.1. The first-order chi connectivity index (χ1) is 20.3. The number of allylic oxidation sites excluding steroid dienone is 2. The molecule has 2 heterocycles. The van der Waals surface area contributed by atoms with Crippen LogP contribution in [0.25, 0.3) is 16.5 Å². The SMILES string of the molecule is C/C=C(\C=NCC(CC)CCO[Si](C)C(C)(C)C)c1oc2c([C@@H](C)Nc3ccc(Cl)nc3C#N)cc(C)cc2c(=O)c1C. The van der Waals surface area contributed by atoms with E-state index in [1.54, 1.807) is 19.1 Å². The number of pyridine rings is 1. The van der Waals surface area contributed by atoms with Crippen LogP contribution in [0, 0.1) is 31.1 Å². The predicted molar refractivity (Wildman–Crippen MR) is 181 cm³/mol. The Balaban J connectivity index is 1.90. The van der Waals surface area contributed by atoms with E-state index in [1.807, 2.05) is 45.2 Å². The molecule has 0 saturated carbocycles. The molecule has 1 radical (unpaired) electrons. The fraction of sp³-hybridized carbons (Fsp3) is 0.471. The lowest BCUT2D eigenvalue weighted by atomic mass is 9.98. The zero-order valence-corrected chi connectivity index (χ0v) is 28.6. The highest BCUT2D eigenvalue weighted by Gasteiger charge is 2.24. The summed E-state index contributed by atoms with van der Waals surface area (Å²) >= 11 is 5.99. The van der Waals surface area contributed by atoms with Crippen molar-refractivity contribution in [3.63, 3.8) is 0 Å². The Labute approximate surface area is 262 Å². The minimum absolute atomic E-state index is 0.0772. The monoisotopic (exact) mass is 619 g/mol. The molecule has 1 unspecified atom stereocenters. The molecule has 1 aromatic carbocycles. The maximum atomic E-state index is 13.6. The van der Waals surface area contributed by atoms with Gasteiger partial charge in [-0.1, -0.05) is 57.9 Å². The quantitative estimate of drug-likeness (QED) is 0.123. The number of nitrogens with one attached hydrogen (secondary N) is 1. The number of nitriles is 1. The number of rotatable bonds is 12. The van der Waals surface area contributed by atoms with Gasteiger partial charge in [-0.15, -0.1) is 0 Å². The van der Waals surface area contributed by atoms with Crippen LogP contribution in [0.15, 0.2) is 44.5 Å². The van der Waals surface area contributed by atoms with Crippen molar-refractivity contribution in [3.05, 3.63) is 73.9 Å². The Morgan fingerprint density at radius 3 is 2.65 bits per heavy atom. The van der Waals surface area contributed by atoms with Gasteiger partial charge in [0, 0.05) is 36.1 Å². The molecule has 43 heavy (non-hydrogen) atoms. The summed E-state index contributed by atoms with van der Waals surface area (Å²) in [5, 5.41) is 13.9. The molecule has 2 atom stereocenters. The molecule has 0 aliphatic heterocycles. The molecule has 0 bridgehead atoms. The van der Waals surface area contributed by atoms with E-state index in [4.69, 9.17) is 25.4 Å². The van der Waals surface area contributed by atoms with Gasteiger partial charge in [-0.05, 0) is 75.4 Å². The molecule has 0 amide bonds. The first kappa shape index (κ1) is 34.2. The third-order valence-electron chi connectivity index (χ3n) is 7.84. The van der Waals surface area contributed by atoms with E-state index in [0.717, 1.165) is 36.1 Å². The Hall–Kier alpha value is -3.25. The minimum atomic E-state index is -0.860. The van der Waals surface area contributed by atoms with Gasteiger partial charge < -0.3 is 14.2 Å². The molecule has 3 aromatic rings. The van der Waals surface area contributed by atoms with E-state index in [-0.39, 0.29) is 27.4 Å². The number of hydrogen-bond acceptors (Lipinski definition) is 7. The van der Waals surface area contributed by atoms with Gasteiger partial charge in [0.1, 0.15) is 22.6 Å². The van der Waals surface area contributed by atoms with Crippen LogP contribution in [-0.2, 0) is 4.43 Å². The van der Waals surface area contributed by atoms with Crippen LogP contribution in [0.5, 0.6) is 0 Å². The smallest absolute Gasteiger partial charge is 0.213 e. The van der Waals surface area contributed by atoms with Crippen molar-refractivity contribution in [1.29, 1.82) is 5.26 Å². The Bertz CT molecular complexity index is 1600. The molecule has 0 saturated heterocycles. The summed E-state index contributed by atoms with van der Waals surface area (Å²) in [4.78, 5) is 22.5. The summed E-state index contributed by atoms with van der Waals surface area (Å²) in [7, 11) is -0.860. The number of anilines is 1. The topological polar surface area (TPSA) is 101 Å². The van der Waals surface area contributed by atoms with Crippen LogP contribution < -0.4 is 10.7 Å². The number of nitrogens with zero attached hydrogens (tertiary/aromatic N) is 3. The molecular weight excluding hydrogens is 576 g/mol. The average Bonchev–Trinajstić information content (AvgIpc) is 2.96. The van der Waals surface area contributed by atoms with Crippen molar-refractivity contribution in [2.45, 2.75) is 85.9 Å². The highest BCUT2D eigenvalue weighted by atomic mass is 35.5. The zero-order chi connectivity index (χ0) is 31.9. The van der Waals surface area contributed by atoms with E-state index < -0.39 is 9.04 Å². The summed E-state index contributed by atoms with van der Waals surface area (Å²) in [6.45, 7) is 20.2. The van der Waals surface area contributed by atoms with E-state index in [9.17, 15) is 10.1 Å². The first-order valence-corrected chi connectivity index (χ1v) is 17.1. The molecule has 0 aliphatic carbocycles. The fourth-order valence-corrected chi connectivity index (χ4v) is 5.70. The van der Waals surface area contributed by atoms with Gasteiger partial charge in [-0.25, -0.2) is 4.98 Å². The van der Waals surface area contributed by atoms with Gasteiger partial charge >= 0.3 is 0 Å². The van der Waals surface area contributed by atoms with Crippen LogP contribution in [0.3, 0.4) is 0 Å². The first-order valence-electron chi connectivity index (χ1n) is 14.8. The van der Waals surface area contributed by atoms with Crippen LogP contribution in [0.4, 0.5) is 5.69 Å². The lowest BCUT2D eigenvalue weighted by molar-refractivity contribution is 0.268. The number of aromatic nitrogens is 1. The largest absolute Gasteiger partial charge is 0.455 e. The van der Waals surface area contributed by atoms with Crippen molar-refractivity contribution >= 4 is 49.1 Å². The summed E-state index contributed by atoms with van der Waals surface area (Å²) < 4.78 is 12.7. The molecular formula is C34H44ClN4O3Si. The maximum Gasteiger partial charge on any atom is 0.213 e. The van der Waals surface area contributed by atoms with Crippen LogP contribution in [-0.4, -0.2) is 33.4 Å². The van der Waals surface area contributed by atoms with Gasteiger partial charge in [0.05, 0.1) is 17.1 Å². The minimum Gasteiger partial charge on any atom is -0.455 e. The Morgan fingerprint density at radius 1 is 1.30 bits per heavy atom. The van der Waals surface area contributed by atoms with Gasteiger partial charge in [0.25, 0.3) is 0 Å². The standard InChI is InChI=1S/C34H44ClN4O3Si/c1-10-24(14-15-41-43(9)34(6,7)8)19-37-20-25(11-2)32-22(4)31(40)27-17-21(3)16-26(33(27)42-32)23(5)38-28-12-13-30(35)39-29(28)18-36/h11-13,16-17,20,23-24,38H,10,14-15,19H2,1-9H3/b25-11+,37-20?/t23-,24?/m1/s1. The molecule has 2 aromatic heterocycles. The molecule has 9 heteroatoms. The van der Waals surface area contributed by atoms with Crippen LogP contribution in [0.2, 0.25) is 16.7 Å². The Kier molecular flexibility index (Phi) is 11.9. The second kappa shape index (κ2) is 15.0. The van der Waals surface area contributed by atoms with Crippen molar-refractivity contribution < 1.29 is 8.84 Å². The van der Waals surface area contributed by atoms with Gasteiger partial charge in [-0.3, -0.25) is 9.79 Å². The highest BCUT2D eigenvalue weighted by Crippen LogP contribution is 2.31. The normalized spacial score (nSPS) is 14.0. The summed E-state index contributed by atoms with van der Waals surface area (Å²) in [6, 6.07) is 9.01. The highest BCUT2D eigenvalue weighted by molar-refractivity contribution is 6.53. The van der Waals surface area contributed by atoms with Crippen LogP contribution >= 0.6 is 11.6 Å². The van der Waals surface area contributed by atoms with E-state index >= 15 is 0 Å². The summed E-state index contributed by atoms with van der Waals surface area (Å²) in [5.41, 5.74) is 4.22. The van der Waals surface area contributed by atoms with Crippen molar-refractivity contribution in [2.75, 3.05) is 18.5 Å². The number of aryl methyl sites for hydroxylation is 1. The fourth-order valence-electron chi connectivity index (χ4n) is 4.70. The number of benzene rings is 1. The Morgan fingerprint density at radius 2 is 2.02 bits per heavy atom. The number of hydrogen-bond donors (Lipinski definition) is 1. The van der Waals surface area contributed by atoms with E-state index in [0.29, 0.717) is 40.4 Å². The molecule has 3 rings (SSSR count). The van der Waals surface area contributed by atoms with E-state index in [2.05, 4.69) is 50.6 Å². The number of aliphatic imine (C=N–C) groups is 1. The lowest BCUT2D eigenvalue weighted by Crippen LogP contribution is -2.26. The van der Waals surface area contributed by atoms with Gasteiger partial charge in [0.2, 0.25) is 9.04 Å². The lowest BCUT2D eigenvalue weighted by Gasteiger charge is -2.25. The summed E-state index contributed by atoms with van der Waals surface area (Å²) in [6.07, 6.45) is 5.72. The van der Waals surface area contributed by atoms with Gasteiger partial charge in [-0.2, -0.15) is 5.26 Å². The third-order valence-corrected chi connectivity index (χ3v) is 10.8. The molecule has 7 nitrogen and oxygen atoms in total. The summed E-state index contributed by atoms with van der Waals surface area (Å²) in [5.74, 6) is 0.919. The number of halogens is 1. The maximum absolute atomic E-state index is 13.6.